The molecule has 7 nitrogen and oxygen atoms in total. The lowest BCUT2D eigenvalue weighted by atomic mass is 9.69. The van der Waals surface area contributed by atoms with E-state index in [0.29, 0.717) is 34.6 Å². The number of esters is 2. The van der Waals surface area contributed by atoms with E-state index in [1.165, 1.54) is 0 Å². The standard InChI is InChI=1S/C24H29NO6/c1-6-30-23(27)18-13(3)12-16-21(22(18)26)20(15-10-8-9-11-17(15)29-5)19(14(4)25-16)24(28)31-7-2/h8-11,13,18,20,25H,6-7,12H2,1-5H3/t13-,18-,20+/m1/s1. The molecule has 0 radical (unpaired) electrons. The minimum atomic E-state index is -0.917. The summed E-state index contributed by atoms with van der Waals surface area (Å²) in [6.45, 7) is 7.51. The SMILES string of the molecule is CCOC(=O)C1=C(C)NC2=C(C(=O)[C@H](C(=O)OCC)[C@H](C)C2)[C@H]1c1ccccc1OC. The molecule has 166 valence electrons. The van der Waals surface area contributed by atoms with E-state index in [9.17, 15) is 14.4 Å². The monoisotopic (exact) mass is 427 g/mol. The summed E-state index contributed by atoms with van der Waals surface area (Å²) >= 11 is 0. The lowest BCUT2D eigenvalue weighted by molar-refractivity contribution is -0.153. The van der Waals surface area contributed by atoms with Gasteiger partial charge in [-0.15, -0.1) is 0 Å². The molecule has 1 aliphatic carbocycles. The molecule has 0 aromatic heterocycles. The number of methoxy groups -OCH3 is 1. The summed E-state index contributed by atoms with van der Waals surface area (Å²) in [5.74, 6) is -2.67. The Bertz CT molecular complexity index is 961. The van der Waals surface area contributed by atoms with Gasteiger partial charge >= 0.3 is 11.9 Å². The molecule has 1 N–H and O–H groups in total. The van der Waals surface area contributed by atoms with Crippen LogP contribution in [-0.4, -0.2) is 38.0 Å². The van der Waals surface area contributed by atoms with Gasteiger partial charge in [-0.25, -0.2) is 4.79 Å². The third-order valence-electron chi connectivity index (χ3n) is 5.77. The van der Waals surface area contributed by atoms with Crippen LogP contribution in [0.1, 0.15) is 45.6 Å². The van der Waals surface area contributed by atoms with Crippen molar-refractivity contribution < 1.29 is 28.6 Å². The molecule has 0 saturated heterocycles. The molecule has 1 aliphatic heterocycles. The number of Topliss-reactive ketones (excluding diaryl/α,β-unsaturated/α-hetero) is 1. The first-order valence-corrected chi connectivity index (χ1v) is 10.6. The van der Waals surface area contributed by atoms with Crippen LogP contribution in [0, 0.1) is 11.8 Å². The van der Waals surface area contributed by atoms with E-state index in [1.807, 2.05) is 25.1 Å². The Balaban J connectivity index is 2.20. The second-order valence-corrected chi connectivity index (χ2v) is 7.73. The molecule has 0 unspecified atom stereocenters. The summed E-state index contributed by atoms with van der Waals surface area (Å²) in [6, 6.07) is 7.27. The first-order valence-electron chi connectivity index (χ1n) is 10.6. The lowest BCUT2D eigenvalue weighted by Gasteiger charge is -2.38. The van der Waals surface area contributed by atoms with Crippen LogP contribution in [0.4, 0.5) is 0 Å². The fourth-order valence-electron chi connectivity index (χ4n) is 4.48. The van der Waals surface area contributed by atoms with Gasteiger partial charge in [0.05, 0.1) is 31.8 Å². The molecule has 0 saturated carbocycles. The van der Waals surface area contributed by atoms with Gasteiger partial charge in [0.1, 0.15) is 11.7 Å². The molecule has 3 atom stereocenters. The summed E-state index contributed by atoms with van der Waals surface area (Å²) in [4.78, 5) is 39.3. The fraction of sp³-hybridized carbons (Fsp3) is 0.458. The Morgan fingerprint density at radius 1 is 1.13 bits per heavy atom. The van der Waals surface area contributed by atoms with E-state index in [2.05, 4.69) is 5.32 Å². The van der Waals surface area contributed by atoms with Gasteiger partial charge in [-0.3, -0.25) is 9.59 Å². The molecule has 2 aliphatic rings. The van der Waals surface area contributed by atoms with Crippen LogP contribution < -0.4 is 10.1 Å². The predicted molar refractivity (Wildman–Crippen MR) is 114 cm³/mol. The van der Waals surface area contributed by atoms with Crippen LogP contribution in [0.2, 0.25) is 0 Å². The van der Waals surface area contributed by atoms with Crippen molar-refractivity contribution >= 4 is 17.7 Å². The first-order chi connectivity index (χ1) is 14.8. The number of para-hydroxylation sites is 1. The summed E-state index contributed by atoms with van der Waals surface area (Å²) in [6.07, 6.45) is 0.490. The van der Waals surface area contributed by atoms with Gasteiger partial charge in [0.25, 0.3) is 0 Å². The van der Waals surface area contributed by atoms with Crippen molar-refractivity contribution in [3.63, 3.8) is 0 Å². The van der Waals surface area contributed by atoms with Crippen molar-refractivity contribution in [2.75, 3.05) is 20.3 Å². The molecular weight excluding hydrogens is 398 g/mol. The van der Waals surface area contributed by atoms with E-state index in [1.54, 1.807) is 33.9 Å². The number of carbonyl (C=O) groups is 3. The van der Waals surface area contributed by atoms with Crippen molar-refractivity contribution in [1.29, 1.82) is 0 Å². The molecule has 1 aromatic rings. The normalized spacial score (nSPS) is 23.1. The van der Waals surface area contributed by atoms with Gasteiger partial charge in [0.15, 0.2) is 5.78 Å². The van der Waals surface area contributed by atoms with Crippen LogP contribution in [0.5, 0.6) is 5.75 Å². The summed E-state index contributed by atoms with van der Waals surface area (Å²) < 4.78 is 16.1. The third-order valence-corrected chi connectivity index (χ3v) is 5.77. The maximum Gasteiger partial charge on any atom is 0.336 e. The van der Waals surface area contributed by atoms with Gasteiger partial charge in [-0.05, 0) is 39.2 Å². The molecule has 3 rings (SSSR count). The number of benzene rings is 1. The molecule has 0 spiro atoms. The maximum absolute atomic E-state index is 13.7. The highest BCUT2D eigenvalue weighted by atomic mass is 16.5. The summed E-state index contributed by atoms with van der Waals surface area (Å²) in [5.41, 5.74) is 2.76. The molecule has 7 heteroatoms. The highest BCUT2D eigenvalue weighted by molar-refractivity contribution is 6.12. The number of hydrogen-bond donors (Lipinski definition) is 1. The van der Waals surface area contributed by atoms with Crippen LogP contribution in [0.15, 0.2) is 46.8 Å². The lowest BCUT2D eigenvalue weighted by Crippen LogP contribution is -2.43. The van der Waals surface area contributed by atoms with Crippen molar-refractivity contribution in [3.8, 4) is 5.75 Å². The molecule has 1 heterocycles. The fourth-order valence-corrected chi connectivity index (χ4v) is 4.48. The number of ketones is 1. The molecule has 31 heavy (non-hydrogen) atoms. The minimum Gasteiger partial charge on any atom is -0.496 e. The van der Waals surface area contributed by atoms with Gasteiger partial charge in [0, 0.05) is 22.5 Å². The number of rotatable bonds is 6. The zero-order valence-corrected chi connectivity index (χ0v) is 18.6. The van der Waals surface area contributed by atoms with Crippen LogP contribution in [-0.2, 0) is 23.9 Å². The summed E-state index contributed by atoms with van der Waals surface area (Å²) in [7, 11) is 1.54. The summed E-state index contributed by atoms with van der Waals surface area (Å²) in [5, 5.41) is 3.24. The highest BCUT2D eigenvalue weighted by Gasteiger charge is 2.47. The van der Waals surface area contributed by atoms with Crippen LogP contribution in [0.25, 0.3) is 0 Å². The van der Waals surface area contributed by atoms with Crippen molar-refractivity contribution in [2.24, 2.45) is 11.8 Å². The number of carbonyl (C=O) groups excluding carboxylic acids is 3. The first kappa shape index (κ1) is 22.6. The number of nitrogens with one attached hydrogen (secondary N) is 1. The van der Waals surface area contributed by atoms with Gasteiger partial charge in [-0.1, -0.05) is 25.1 Å². The molecule has 0 bridgehead atoms. The van der Waals surface area contributed by atoms with Gasteiger partial charge in [0.2, 0.25) is 0 Å². The van der Waals surface area contributed by atoms with Crippen molar-refractivity contribution in [1.82, 2.24) is 5.32 Å². The average molecular weight is 427 g/mol. The number of dihydropyridines is 1. The minimum absolute atomic E-state index is 0.197. The van der Waals surface area contributed by atoms with E-state index in [0.717, 1.165) is 5.70 Å². The van der Waals surface area contributed by atoms with Crippen LogP contribution >= 0.6 is 0 Å². The molecule has 0 amide bonds. The Hall–Kier alpha value is -3.09. The van der Waals surface area contributed by atoms with Crippen molar-refractivity contribution in [2.45, 2.75) is 40.0 Å². The van der Waals surface area contributed by atoms with E-state index in [-0.39, 0.29) is 24.9 Å². The number of hydrogen-bond acceptors (Lipinski definition) is 7. The molecule has 0 fully saturated rings. The molecular formula is C24H29NO6. The second kappa shape index (κ2) is 9.37. The predicted octanol–water partition coefficient (Wildman–Crippen LogP) is 3.26. The Kier molecular flexibility index (Phi) is 6.83. The van der Waals surface area contributed by atoms with Gasteiger partial charge < -0.3 is 19.5 Å². The number of allylic oxidation sites excluding steroid dienone is 3. The highest BCUT2D eigenvalue weighted by Crippen LogP contribution is 2.47. The number of ether oxygens (including phenoxy) is 3. The largest absolute Gasteiger partial charge is 0.496 e. The molecule has 1 aromatic carbocycles. The van der Waals surface area contributed by atoms with E-state index in [4.69, 9.17) is 14.2 Å². The smallest absolute Gasteiger partial charge is 0.336 e. The topological polar surface area (TPSA) is 90.9 Å². The maximum atomic E-state index is 13.7. The second-order valence-electron chi connectivity index (χ2n) is 7.73. The average Bonchev–Trinajstić information content (AvgIpc) is 2.73. The van der Waals surface area contributed by atoms with E-state index >= 15 is 0 Å². The van der Waals surface area contributed by atoms with Crippen LogP contribution in [0.3, 0.4) is 0 Å². The Morgan fingerprint density at radius 3 is 2.45 bits per heavy atom. The Morgan fingerprint density at radius 2 is 1.81 bits per heavy atom. The Labute approximate surface area is 182 Å². The van der Waals surface area contributed by atoms with Gasteiger partial charge in [-0.2, -0.15) is 0 Å². The zero-order chi connectivity index (χ0) is 22.7. The third kappa shape index (κ3) is 4.09. The van der Waals surface area contributed by atoms with Crippen molar-refractivity contribution in [3.05, 3.63) is 52.4 Å². The zero-order valence-electron chi connectivity index (χ0n) is 18.6. The van der Waals surface area contributed by atoms with E-state index < -0.39 is 23.8 Å². The quantitative estimate of drug-likeness (QED) is 0.550.